The molecular weight excluding hydrogens is 148 g/mol. The van der Waals surface area contributed by atoms with Crippen LogP contribution in [-0.2, 0) is 0 Å². The summed E-state index contributed by atoms with van der Waals surface area (Å²) in [4.78, 5) is 0. The zero-order valence-corrected chi connectivity index (χ0v) is 6.15. The van der Waals surface area contributed by atoms with E-state index in [0.29, 0.717) is 0 Å². The molecule has 60 valence electrons. The van der Waals surface area contributed by atoms with E-state index in [2.05, 4.69) is 0 Å². The highest BCUT2D eigenvalue weighted by Crippen LogP contribution is 2.25. The van der Waals surface area contributed by atoms with Crippen LogP contribution in [0.5, 0.6) is 0 Å². The second kappa shape index (κ2) is 2.41. The van der Waals surface area contributed by atoms with Crippen molar-refractivity contribution in [3.63, 3.8) is 0 Å². The van der Waals surface area contributed by atoms with Gasteiger partial charge in [-0.1, -0.05) is 24.2 Å². The Balaban J connectivity index is 3.22. The average molecular weight is 164 g/mol. The minimum absolute atomic E-state index is 0.0481. The molecule has 2 aromatic carbocycles. The molecular formula is C10H10N2. The Labute approximate surface area is 79.2 Å². The highest BCUT2D eigenvalue weighted by Gasteiger charge is 1.98. The van der Waals surface area contributed by atoms with Gasteiger partial charge in [0.05, 0.1) is 8.22 Å². The average Bonchev–Trinajstić information content (AvgIpc) is 2.35. The number of anilines is 2. The van der Waals surface area contributed by atoms with Crippen molar-refractivity contribution >= 4 is 22.1 Å². The molecule has 0 fully saturated rings. The largest absolute Gasteiger partial charge is 0.398 e. The summed E-state index contributed by atoms with van der Waals surface area (Å²) in [5.41, 5.74) is 11.1. The normalized spacial score (nSPS) is 17.3. The van der Waals surface area contributed by atoms with Gasteiger partial charge in [-0.15, -0.1) is 0 Å². The molecule has 2 rings (SSSR count). The molecule has 0 aromatic heterocycles. The third-order valence-electron chi connectivity index (χ3n) is 1.56. The highest BCUT2D eigenvalue weighted by molar-refractivity contribution is 6.01. The molecule has 0 bridgehead atoms. The molecule has 0 heterocycles. The molecule has 0 saturated heterocycles. The third kappa shape index (κ3) is 0.889. The molecule has 0 aliphatic heterocycles. The quantitative estimate of drug-likeness (QED) is 0.585. The Hall–Kier alpha value is -1.70. The van der Waals surface area contributed by atoms with Crippen molar-refractivity contribution in [2.75, 3.05) is 11.5 Å². The van der Waals surface area contributed by atoms with E-state index in [1.807, 2.05) is 0 Å². The first kappa shape index (κ1) is 2.98. The molecule has 0 aliphatic rings. The molecule has 2 heteroatoms. The number of rotatable bonds is 0. The minimum Gasteiger partial charge on any atom is -0.398 e. The van der Waals surface area contributed by atoms with Crippen molar-refractivity contribution in [2.24, 2.45) is 0 Å². The number of nitrogens with two attached hydrogens (primary N) is 2. The molecule has 2 aromatic rings. The van der Waals surface area contributed by atoms with Gasteiger partial charge in [0.15, 0.2) is 0 Å². The number of hydrogen-bond donors (Lipinski definition) is 2. The molecule has 12 heavy (non-hydrogen) atoms. The van der Waals surface area contributed by atoms with E-state index in [0.717, 1.165) is 0 Å². The summed E-state index contributed by atoms with van der Waals surface area (Å²) in [7, 11) is 0. The number of hydrogen-bond acceptors (Lipinski definition) is 2. The predicted molar refractivity (Wildman–Crippen MR) is 52.8 cm³/mol. The molecule has 0 aliphatic carbocycles. The second-order valence-electron chi connectivity index (χ2n) is 2.33. The third-order valence-corrected chi connectivity index (χ3v) is 1.56. The fourth-order valence-corrected chi connectivity index (χ4v) is 1.02. The molecule has 0 radical (unpaired) electrons. The molecule has 0 spiro atoms. The smallest absolute Gasteiger partial charge is 0.0645 e. The van der Waals surface area contributed by atoms with E-state index in [4.69, 9.17) is 19.7 Å². The van der Waals surface area contributed by atoms with E-state index < -0.39 is 12.1 Å². The Bertz CT molecular complexity index is 569. The van der Waals surface area contributed by atoms with Crippen LogP contribution < -0.4 is 11.5 Å². The first-order valence-electron chi connectivity index (χ1n) is 6.33. The van der Waals surface area contributed by atoms with Crippen LogP contribution in [-0.4, -0.2) is 0 Å². The van der Waals surface area contributed by atoms with Crippen molar-refractivity contribution in [2.45, 2.75) is 0 Å². The molecule has 0 saturated carbocycles. The topological polar surface area (TPSA) is 52.0 Å². The van der Waals surface area contributed by atoms with Crippen molar-refractivity contribution in [3.8, 4) is 0 Å². The predicted octanol–water partition coefficient (Wildman–Crippen LogP) is 2.00. The number of fused-ring (bicyclic) bond motifs is 1. The van der Waals surface area contributed by atoms with E-state index in [1.54, 1.807) is 0 Å². The van der Waals surface area contributed by atoms with Gasteiger partial charge in [-0.3, -0.25) is 0 Å². The van der Waals surface area contributed by atoms with Crippen LogP contribution in [0.3, 0.4) is 0 Å². The molecule has 0 amide bonds. The van der Waals surface area contributed by atoms with Crippen LogP contribution in [0.2, 0.25) is 0 Å². The lowest BCUT2D eigenvalue weighted by Gasteiger charge is -2.03. The van der Waals surface area contributed by atoms with Crippen molar-refractivity contribution in [3.05, 3.63) is 36.3 Å². The fourth-order valence-electron chi connectivity index (χ4n) is 1.02. The maximum absolute atomic E-state index is 7.75. The first-order valence-corrected chi connectivity index (χ1v) is 3.33. The number of nitrogen functional groups attached to an aromatic ring is 2. The van der Waals surface area contributed by atoms with E-state index in [9.17, 15) is 0 Å². The van der Waals surface area contributed by atoms with Gasteiger partial charge >= 0.3 is 0 Å². The Morgan fingerprint density at radius 1 is 0.917 bits per heavy atom. The van der Waals surface area contributed by atoms with E-state index in [1.165, 1.54) is 0 Å². The molecule has 0 unspecified atom stereocenters. The highest BCUT2D eigenvalue weighted by atomic mass is 14.6. The maximum Gasteiger partial charge on any atom is 0.0645 e. The van der Waals surface area contributed by atoms with Crippen LogP contribution >= 0.6 is 0 Å². The van der Waals surface area contributed by atoms with Crippen LogP contribution in [0.25, 0.3) is 10.8 Å². The summed E-state index contributed by atoms with van der Waals surface area (Å²) in [6.45, 7) is 0. The standard InChI is InChI=1S/C10H10N2/c11-8-5-1-3-7-4-2-6-9(12)10(7)8/h1-6H,11-12H2/i1D,2D,3D,4D,5D,6D. The van der Waals surface area contributed by atoms with Crippen LogP contribution in [0.1, 0.15) is 8.22 Å². The monoisotopic (exact) mass is 164 g/mol. The summed E-state index contributed by atoms with van der Waals surface area (Å²) in [6.07, 6.45) is 0. The Kier molecular flexibility index (Phi) is 0.598. The van der Waals surface area contributed by atoms with Crippen LogP contribution in [0.4, 0.5) is 11.4 Å². The molecule has 4 N–H and O–H groups in total. The summed E-state index contributed by atoms with van der Waals surface area (Å²) in [6, 6.07) is -2.26. The Morgan fingerprint density at radius 2 is 1.42 bits per heavy atom. The van der Waals surface area contributed by atoms with Crippen LogP contribution in [0.15, 0.2) is 36.3 Å². The summed E-state index contributed by atoms with van der Waals surface area (Å²) in [5, 5.41) is -0.000926. The van der Waals surface area contributed by atoms with E-state index >= 15 is 0 Å². The maximum atomic E-state index is 7.75. The van der Waals surface area contributed by atoms with Gasteiger partial charge in [-0.25, -0.2) is 0 Å². The van der Waals surface area contributed by atoms with Gasteiger partial charge in [0.25, 0.3) is 0 Å². The SMILES string of the molecule is [2H]c1c([2H])c(N)c2c(N)c([2H])c([2H])c([2H])c2c1[2H]. The zero-order chi connectivity index (χ0) is 13.8. The van der Waals surface area contributed by atoms with Gasteiger partial charge in [0, 0.05) is 16.8 Å². The lowest BCUT2D eigenvalue weighted by atomic mass is 10.1. The zero-order valence-electron chi connectivity index (χ0n) is 12.2. The molecule has 2 nitrogen and oxygen atoms in total. The van der Waals surface area contributed by atoms with Gasteiger partial charge in [-0.05, 0) is 17.5 Å². The second-order valence-corrected chi connectivity index (χ2v) is 2.33. The fraction of sp³-hybridized carbons (Fsp3) is 0. The summed E-state index contributed by atoms with van der Waals surface area (Å²) in [5.74, 6) is 0. The van der Waals surface area contributed by atoms with Crippen LogP contribution in [0, 0.1) is 0 Å². The lowest BCUT2D eigenvalue weighted by Crippen LogP contribution is -1.91. The Morgan fingerprint density at radius 3 is 1.92 bits per heavy atom. The summed E-state index contributed by atoms with van der Waals surface area (Å²) < 4.78 is 45.8. The van der Waals surface area contributed by atoms with Gasteiger partial charge in [0.1, 0.15) is 0 Å². The van der Waals surface area contributed by atoms with E-state index in [-0.39, 0.29) is 46.3 Å². The minimum atomic E-state index is -0.412. The lowest BCUT2D eigenvalue weighted by molar-refractivity contribution is 1.71. The van der Waals surface area contributed by atoms with Crippen molar-refractivity contribution < 1.29 is 8.22 Å². The van der Waals surface area contributed by atoms with Crippen molar-refractivity contribution in [1.29, 1.82) is 0 Å². The van der Waals surface area contributed by atoms with Gasteiger partial charge in [-0.2, -0.15) is 0 Å². The van der Waals surface area contributed by atoms with Gasteiger partial charge in [0.2, 0.25) is 0 Å². The number of benzene rings is 2. The molecule has 0 atom stereocenters. The first-order chi connectivity index (χ1) is 8.29. The summed E-state index contributed by atoms with van der Waals surface area (Å²) >= 11 is 0. The van der Waals surface area contributed by atoms with Gasteiger partial charge < -0.3 is 11.5 Å². The van der Waals surface area contributed by atoms with Crippen molar-refractivity contribution in [1.82, 2.24) is 0 Å².